The van der Waals surface area contributed by atoms with Crippen molar-refractivity contribution in [1.29, 1.82) is 0 Å². The summed E-state index contributed by atoms with van der Waals surface area (Å²) >= 11 is 3.21. The fourth-order valence-electron chi connectivity index (χ4n) is 2.42. The van der Waals surface area contributed by atoms with Gasteiger partial charge in [-0.2, -0.15) is 0 Å². The number of nitrogens with one attached hydrogen (secondary N) is 1. The number of nitro groups is 1. The molecule has 1 heterocycles. The molecule has 0 aliphatic rings. The van der Waals surface area contributed by atoms with Crippen LogP contribution in [0.1, 0.15) is 10.4 Å². The van der Waals surface area contributed by atoms with Crippen LogP contribution in [0.25, 0.3) is 22.0 Å². The number of pyridine rings is 1. The van der Waals surface area contributed by atoms with Gasteiger partial charge in [-0.1, -0.05) is 28.1 Å². The number of carboxylic acids is 1. The fourth-order valence-corrected chi connectivity index (χ4v) is 2.88. The lowest BCUT2D eigenvalue weighted by Crippen LogP contribution is -2.10. The number of non-ortho nitro benzene ring substituents is 1. The minimum atomic E-state index is -1.06. The smallest absolute Gasteiger partial charge is 0.335 e. The number of aromatic nitrogens is 1. The first-order chi connectivity index (χ1) is 11.4. The maximum atomic E-state index is 12.3. The van der Waals surface area contributed by atoms with Gasteiger partial charge in [0.05, 0.1) is 10.5 Å². The molecule has 0 radical (unpaired) electrons. The van der Waals surface area contributed by atoms with E-state index in [1.807, 2.05) is 0 Å². The van der Waals surface area contributed by atoms with Gasteiger partial charge in [0.15, 0.2) is 0 Å². The van der Waals surface area contributed by atoms with Crippen molar-refractivity contribution in [2.45, 2.75) is 0 Å². The molecule has 2 aromatic carbocycles. The Morgan fingerprint density at radius 1 is 1.17 bits per heavy atom. The van der Waals surface area contributed by atoms with Gasteiger partial charge in [0, 0.05) is 21.5 Å². The first kappa shape index (κ1) is 15.9. The Morgan fingerprint density at radius 2 is 1.83 bits per heavy atom. The Bertz CT molecular complexity index is 1040. The van der Waals surface area contributed by atoms with E-state index in [-0.39, 0.29) is 16.8 Å². The quantitative estimate of drug-likeness (QED) is 0.525. The zero-order valence-corrected chi connectivity index (χ0v) is 13.5. The molecule has 2 N–H and O–H groups in total. The van der Waals surface area contributed by atoms with Gasteiger partial charge in [-0.05, 0) is 29.8 Å². The summed E-state index contributed by atoms with van der Waals surface area (Å²) in [7, 11) is 0. The number of carboxylic acid groups (broad SMARTS) is 1. The Morgan fingerprint density at radius 3 is 2.42 bits per heavy atom. The van der Waals surface area contributed by atoms with Crippen LogP contribution in [0.15, 0.2) is 51.7 Å². The first-order valence-electron chi connectivity index (χ1n) is 6.71. The van der Waals surface area contributed by atoms with E-state index in [1.165, 1.54) is 30.3 Å². The van der Waals surface area contributed by atoms with Crippen LogP contribution in [-0.4, -0.2) is 21.0 Å². The predicted octanol–water partition coefficient (Wildman–Crippen LogP) is 3.56. The average molecular weight is 389 g/mol. The molecule has 0 atom stereocenters. The van der Waals surface area contributed by atoms with Gasteiger partial charge in [0.2, 0.25) is 0 Å². The number of hydrogen-bond donors (Lipinski definition) is 2. The van der Waals surface area contributed by atoms with Gasteiger partial charge in [0.25, 0.3) is 11.2 Å². The molecule has 7 nitrogen and oxygen atoms in total. The number of aromatic amines is 1. The third-order valence-corrected chi connectivity index (χ3v) is 3.99. The van der Waals surface area contributed by atoms with Crippen molar-refractivity contribution in [3.63, 3.8) is 0 Å². The molecule has 0 bridgehead atoms. The van der Waals surface area contributed by atoms with E-state index in [0.29, 0.717) is 21.0 Å². The second-order valence-electron chi connectivity index (χ2n) is 5.04. The van der Waals surface area contributed by atoms with E-state index in [0.717, 1.165) is 0 Å². The van der Waals surface area contributed by atoms with Crippen LogP contribution < -0.4 is 5.56 Å². The lowest BCUT2D eigenvalue weighted by Gasteiger charge is -2.05. The first-order valence-corrected chi connectivity index (χ1v) is 7.51. The molecular weight excluding hydrogens is 380 g/mol. The van der Waals surface area contributed by atoms with Crippen molar-refractivity contribution in [3.05, 3.63) is 73.0 Å². The van der Waals surface area contributed by atoms with Crippen molar-refractivity contribution < 1.29 is 14.8 Å². The molecule has 3 aromatic rings. The molecule has 0 unspecified atom stereocenters. The third-order valence-electron chi connectivity index (χ3n) is 3.54. The van der Waals surface area contributed by atoms with Crippen LogP contribution in [0, 0.1) is 10.1 Å². The summed E-state index contributed by atoms with van der Waals surface area (Å²) in [5.41, 5.74) is 0.367. The van der Waals surface area contributed by atoms with Gasteiger partial charge in [-0.15, -0.1) is 0 Å². The standard InChI is InChI=1S/C16H9BrN2O5/c17-11-5-10-6-12(8-1-3-9(4-2-8)16(21)22)15(20)18-14(10)13(7-11)19(23)24/h1-7H,(H,18,20)(H,21,22). The summed E-state index contributed by atoms with van der Waals surface area (Å²) < 4.78 is 0.515. The lowest BCUT2D eigenvalue weighted by atomic mass is 10.0. The molecule has 3 rings (SSSR count). The van der Waals surface area contributed by atoms with Gasteiger partial charge < -0.3 is 10.1 Å². The highest BCUT2D eigenvalue weighted by molar-refractivity contribution is 9.10. The minimum Gasteiger partial charge on any atom is -0.478 e. The molecule has 0 spiro atoms. The molecule has 0 aliphatic carbocycles. The Hall–Kier alpha value is -3.00. The maximum Gasteiger partial charge on any atom is 0.335 e. The highest BCUT2D eigenvalue weighted by Crippen LogP contribution is 2.29. The molecule has 0 fully saturated rings. The molecular formula is C16H9BrN2O5. The second kappa shape index (κ2) is 5.89. The number of nitro benzene ring substituents is 1. The molecule has 120 valence electrons. The van der Waals surface area contributed by atoms with Crippen LogP contribution in [-0.2, 0) is 0 Å². The van der Waals surface area contributed by atoms with Crippen LogP contribution in [0.5, 0.6) is 0 Å². The molecule has 8 heteroatoms. The number of hydrogen-bond acceptors (Lipinski definition) is 4. The van der Waals surface area contributed by atoms with Crippen LogP contribution >= 0.6 is 15.9 Å². The van der Waals surface area contributed by atoms with E-state index in [4.69, 9.17) is 5.11 Å². The van der Waals surface area contributed by atoms with Crippen LogP contribution in [0.2, 0.25) is 0 Å². The molecule has 1 aromatic heterocycles. The van der Waals surface area contributed by atoms with Crippen molar-refractivity contribution >= 4 is 38.5 Å². The number of halogens is 1. The number of aromatic carboxylic acids is 1. The number of nitrogens with zero attached hydrogens (tertiary/aromatic N) is 1. The molecule has 0 aliphatic heterocycles. The Kier molecular flexibility index (Phi) is 3.90. The van der Waals surface area contributed by atoms with Gasteiger partial charge in [-0.25, -0.2) is 4.79 Å². The van der Waals surface area contributed by atoms with E-state index < -0.39 is 16.5 Å². The number of rotatable bonds is 3. The number of H-pyrrole nitrogens is 1. The molecule has 0 amide bonds. The molecule has 24 heavy (non-hydrogen) atoms. The van der Waals surface area contributed by atoms with E-state index in [9.17, 15) is 19.7 Å². The highest BCUT2D eigenvalue weighted by atomic mass is 79.9. The number of benzene rings is 2. The second-order valence-corrected chi connectivity index (χ2v) is 5.96. The Balaban J connectivity index is 2.23. The number of carbonyl (C=O) groups is 1. The zero-order valence-electron chi connectivity index (χ0n) is 11.9. The monoisotopic (exact) mass is 388 g/mol. The van der Waals surface area contributed by atoms with Crippen LogP contribution in [0.4, 0.5) is 5.69 Å². The summed E-state index contributed by atoms with van der Waals surface area (Å²) in [6.07, 6.45) is 0. The van der Waals surface area contributed by atoms with Crippen molar-refractivity contribution in [2.75, 3.05) is 0 Å². The summed E-state index contributed by atoms with van der Waals surface area (Å²) in [5.74, 6) is -1.06. The summed E-state index contributed by atoms with van der Waals surface area (Å²) in [4.78, 5) is 36.3. The van der Waals surface area contributed by atoms with Gasteiger partial charge >= 0.3 is 5.97 Å². The van der Waals surface area contributed by atoms with E-state index in [1.54, 1.807) is 12.1 Å². The van der Waals surface area contributed by atoms with Gasteiger partial charge in [-0.3, -0.25) is 14.9 Å². The summed E-state index contributed by atoms with van der Waals surface area (Å²) in [5, 5.41) is 20.6. The zero-order chi connectivity index (χ0) is 17.4. The van der Waals surface area contributed by atoms with Gasteiger partial charge in [0.1, 0.15) is 5.52 Å². The van der Waals surface area contributed by atoms with E-state index >= 15 is 0 Å². The SMILES string of the molecule is O=C(O)c1ccc(-c2cc3cc(Br)cc([N+](=O)[O-])c3[nH]c2=O)cc1. The van der Waals surface area contributed by atoms with E-state index in [2.05, 4.69) is 20.9 Å². The van der Waals surface area contributed by atoms with Crippen molar-refractivity contribution in [2.24, 2.45) is 0 Å². The fraction of sp³-hybridized carbons (Fsp3) is 0. The highest BCUT2D eigenvalue weighted by Gasteiger charge is 2.16. The summed E-state index contributed by atoms with van der Waals surface area (Å²) in [6.45, 7) is 0. The largest absolute Gasteiger partial charge is 0.478 e. The van der Waals surface area contributed by atoms with Crippen LogP contribution in [0.3, 0.4) is 0 Å². The Labute approximate surface area is 142 Å². The number of fused-ring (bicyclic) bond motifs is 1. The van der Waals surface area contributed by atoms with Crippen molar-refractivity contribution in [1.82, 2.24) is 4.98 Å². The van der Waals surface area contributed by atoms with Crippen molar-refractivity contribution in [3.8, 4) is 11.1 Å². The third kappa shape index (κ3) is 2.79. The molecule has 0 saturated heterocycles. The molecule has 0 saturated carbocycles. The average Bonchev–Trinajstić information content (AvgIpc) is 2.54. The normalized spacial score (nSPS) is 10.7. The maximum absolute atomic E-state index is 12.3. The minimum absolute atomic E-state index is 0.106. The topological polar surface area (TPSA) is 113 Å². The lowest BCUT2D eigenvalue weighted by molar-refractivity contribution is -0.383. The summed E-state index contributed by atoms with van der Waals surface area (Å²) in [6, 6.07) is 10.3. The predicted molar refractivity (Wildman–Crippen MR) is 91.3 cm³/mol.